The Hall–Kier alpha value is -2.82. The molecule has 1 atom stereocenters. The molecule has 5 heteroatoms. The number of phenols is 1. The van der Waals surface area contributed by atoms with E-state index in [1.165, 1.54) is 5.56 Å². The summed E-state index contributed by atoms with van der Waals surface area (Å²) >= 11 is 0. The predicted octanol–water partition coefficient (Wildman–Crippen LogP) is 3.47. The van der Waals surface area contributed by atoms with Crippen molar-refractivity contribution in [1.82, 2.24) is 10.6 Å². The van der Waals surface area contributed by atoms with Crippen LogP contribution in [-0.4, -0.2) is 23.1 Å². The van der Waals surface area contributed by atoms with Crippen LogP contribution in [0, 0.1) is 13.8 Å². The van der Waals surface area contributed by atoms with Gasteiger partial charge >= 0.3 is 6.03 Å². The molecule has 2 aromatic rings. The minimum atomic E-state index is -0.507. The van der Waals surface area contributed by atoms with Crippen molar-refractivity contribution in [3.8, 4) is 5.75 Å². The second-order valence-electron chi connectivity index (χ2n) is 7.65. The minimum absolute atomic E-state index is 0.266. The summed E-state index contributed by atoms with van der Waals surface area (Å²) in [7, 11) is 0. The van der Waals surface area contributed by atoms with Gasteiger partial charge < -0.3 is 10.4 Å². The molecule has 3 N–H and O–H groups in total. The lowest BCUT2D eigenvalue weighted by molar-refractivity contribution is -0.120. The first kappa shape index (κ1) is 19.0. The fraction of sp³-hybridized carbons (Fsp3) is 0.364. The molecule has 0 radical (unpaired) electrons. The van der Waals surface area contributed by atoms with Gasteiger partial charge in [-0.3, -0.25) is 10.1 Å². The van der Waals surface area contributed by atoms with Crippen molar-refractivity contribution in [1.29, 1.82) is 0 Å². The Labute approximate surface area is 159 Å². The molecule has 27 heavy (non-hydrogen) atoms. The van der Waals surface area contributed by atoms with Gasteiger partial charge in [-0.1, -0.05) is 38.1 Å². The maximum atomic E-state index is 11.8. The Kier molecular flexibility index (Phi) is 5.22. The second-order valence-corrected chi connectivity index (χ2v) is 7.65. The standard InChI is InChI=1S/C22H26N2O3/c1-12(2)17-9-15(5-6-20(17)25)10-18-13(3)7-16(8-14(18)4)11-19-21(26)24-22(27)23-19/h5-9,12,19,25H,10-11H2,1-4H3,(H2,23,24,26,27). The van der Waals surface area contributed by atoms with Crippen LogP contribution in [0.1, 0.15) is 53.1 Å². The van der Waals surface area contributed by atoms with Gasteiger partial charge in [0.1, 0.15) is 11.8 Å². The summed E-state index contributed by atoms with van der Waals surface area (Å²) < 4.78 is 0. The van der Waals surface area contributed by atoms with Crippen LogP contribution < -0.4 is 10.6 Å². The quantitative estimate of drug-likeness (QED) is 0.709. The first-order chi connectivity index (χ1) is 12.7. The third-order valence-electron chi connectivity index (χ3n) is 5.15. The Morgan fingerprint density at radius 1 is 1.04 bits per heavy atom. The third kappa shape index (κ3) is 4.13. The van der Waals surface area contributed by atoms with Crippen LogP contribution in [0.25, 0.3) is 0 Å². The highest BCUT2D eigenvalue weighted by atomic mass is 16.3. The van der Waals surface area contributed by atoms with Gasteiger partial charge in [0.05, 0.1) is 0 Å². The summed E-state index contributed by atoms with van der Waals surface area (Å²) in [6, 6.07) is 9.05. The van der Waals surface area contributed by atoms with E-state index < -0.39 is 12.1 Å². The van der Waals surface area contributed by atoms with Crippen molar-refractivity contribution in [3.05, 3.63) is 63.7 Å². The van der Waals surface area contributed by atoms with Crippen LogP contribution in [-0.2, 0) is 17.6 Å². The van der Waals surface area contributed by atoms with E-state index in [-0.39, 0.29) is 11.8 Å². The smallest absolute Gasteiger partial charge is 0.322 e. The molecule has 5 nitrogen and oxygen atoms in total. The lowest BCUT2D eigenvalue weighted by Gasteiger charge is -2.16. The van der Waals surface area contributed by atoms with Crippen molar-refractivity contribution in [2.24, 2.45) is 0 Å². The predicted molar refractivity (Wildman–Crippen MR) is 105 cm³/mol. The Morgan fingerprint density at radius 2 is 1.70 bits per heavy atom. The Balaban J connectivity index is 1.82. The van der Waals surface area contributed by atoms with Gasteiger partial charge in [0.15, 0.2) is 0 Å². The van der Waals surface area contributed by atoms with E-state index in [4.69, 9.17) is 0 Å². The normalized spacial score (nSPS) is 16.6. The minimum Gasteiger partial charge on any atom is -0.508 e. The molecule has 0 bridgehead atoms. The maximum Gasteiger partial charge on any atom is 0.322 e. The topological polar surface area (TPSA) is 78.4 Å². The molecule has 3 amide bonds. The van der Waals surface area contributed by atoms with Gasteiger partial charge in [0.2, 0.25) is 0 Å². The number of hydrogen-bond acceptors (Lipinski definition) is 3. The largest absolute Gasteiger partial charge is 0.508 e. The molecule has 2 aromatic carbocycles. The molecule has 1 fully saturated rings. The molecule has 0 saturated carbocycles. The average molecular weight is 366 g/mol. The molecule has 1 aliphatic heterocycles. The van der Waals surface area contributed by atoms with E-state index in [1.54, 1.807) is 6.07 Å². The lowest BCUT2D eigenvalue weighted by atomic mass is 9.90. The zero-order chi connectivity index (χ0) is 19.7. The number of carbonyl (C=O) groups is 2. The summed E-state index contributed by atoms with van der Waals surface area (Å²) in [4.78, 5) is 23.1. The van der Waals surface area contributed by atoms with E-state index in [0.717, 1.165) is 34.2 Å². The number of nitrogens with one attached hydrogen (secondary N) is 2. The highest BCUT2D eigenvalue weighted by Crippen LogP contribution is 2.28. The number of imide groups is 1. The van der Waals surface area contributed by atoms with Gasteiger partial charge in [-0.2, -0.15) is 0 Å². The molecule has 0 spiro atoms. The number of phenolic OH excluding ortho intramolecular Hbond substituents is 1. The van der Waals surface area contributed by atoms with Crippen molar-refractivity contribution in [2.45, 2.75) is 52.5 Å². The number of benzene rings is 2. The van der Waals surface area contributed by atoms with Crippen LogP contribution >= 0.6 is 0 Å². The fourth-order valence-corrected chi connectivity index (χ4v) is 3.70. The summed E-state index contributed by atoms with van der Waals surface area (Å²) in [5.41, 5.74) is 6.73. The van der Waals surface area contributed by atoms with Crippen molar-refractivity contribution < 1.29 is 14.7 Å². The van der Waals surface area contributed by atoms with Crippen LogP contribution in [0.3, 0.4) is 0 Å². The first-order valence-corrected chi connectivity index (χ1v) is 9.26. The number of hydrogen-bond donors (Lipinski definition) is 3. The zero-order valence-corrected chi connectivity index (χ0v) is 16.2. The van der Waals surface area contributed by atoms with Crippen molar-refractivity contribution >= 4 is 11.9 Å². The molecule has 1 unspecified atom stereocenters. The molecular weight excluding hydrogens is 340 g/mol. The molecule has 142 valence electrons. The number of rotatable bonds is 5. The monoisotopic (exact) mass is 366 g/mol. The fourth-order valence-electron chi connectivity index (χ4n) is 3.70. The van der Waals surface area contributed by atoms with Crippen molar-refractivity contribution in [3.63, 3.8) is 0 Å². The first-order valence-electron chi connectivity index (χ1n) is 9.26. The number of aryl methyl sites for hydroxylation is 2. The summed E-state index contributed by atoms with van der Waals surface area (Å²) in [6.07, 6.45) is 1.27. The maximum absolute atomic E-state index is 11.8. The van der Waals surface area contributed by atoms with Crippen LogP contribution in [0.15, 0.2) is 30.3 Å². The number of carbonyl (C=O) groups excluding carboxylic acids is 2. The number of aromatic hydroxyl groups is 1. The highest BCUT2D eigenvalue weighted by molar-refractivity contribution is 6.04. The second kappa shape index (κ2) is 7.43. The Bertz CT molecular complexity index is 879. The molecule has 0 aliphatic carbocycles. The molecule has 0 aromatic heterocycles. The third-order valence-corrected chi connectivity index (χ3v) is 5.15. The number of urea groups is 1. The van der Waals surface area contributed by atoms with Gasteiger partial charge in [-0.15, -0.1) is 0 Å². The van der Waals surface area contributed by atoms with E-state index in [0.29, 0.717) is 12.2 Å². The SMILES string of the molecule is Cc1cc(CC2NC(=O)NC2=O)cc(C)c1Cc1ccc(O)c(C(C)C)c1. The molecular formula is C22H26N2O3. The summed E-state index contributed by atoms with van der Waals surface area (Å²) in [5, 5.41) is 14.9. The molecule has 3 rings (SSSR count). The molecule has 1 heterocycles. The van der Waals surface area contributed by atoms with Gasteiger partial charge in [-0.05, 0) is 65.6 Å². The zero-order valence-electron chi connectivity index (χ0n) is 16.2. The van der Waals surface area contributed by atoms with E-state index in [9.17, 15) is 14.7 Å². The van der Waals surface area contributed by atoms with Gasteiger partial charge in [0, 0.05) is 6.42 Å². The Morgan fingerprint density at radius 3 is 2.26 bits per heavy atom. The summed E-state index contributed by atoms with van der Waals surface area (Å²) in [6.45, 7) is 8.29. The van der Waals surface area contributed by atoms with E-state index in [2.05, 4.69) is 56.5 Å². The van der Waals surface area contributed by atoms with Gasteiger partial charge in [0.25, 0.3) is 5.91 Å². The molecule has 1 aliphatic rings. The molecule has 1 saturated heterocycles. The van der Waals surface area contributed by atoms with Crippen molar-refractivity contribution in [2.75, 3.05) is 0 Å². The average Bonchev–Trinajstić information content (AvgIpc) is 2.89. The van der Waals surface area contributed by atoms with Crippen LogP contribution in [0.4, 0.5) is 4.79 Å². The highest BCUT2D eigenvalue weighted by Gasteiger charge is 2.29. The van der Waals surface area contributed by atoms with Crippen LogP contribution in [0.2, 0.25) is 0 Å². The lowest BCUT2D eigenvalue weighted by Crippen LogP contribution is -2.31. The van der Waals surface area contributed by atoms with Gasteiger partial charge in [-0.25, -0.2) is 4.79 Å². The number of amides is 3. The van der Waals surface area contributed by atoms with E-state index >= 15 is 0 Å². The van der Waals surface area contributed by atoms with Crippen LogP contribution in [0.5, 0.6) is 5.75 Å². The van der Waals surface area contributed by atoms with E-state index in [1.807, 2.05) is 6.07 Å². The summed E-state index contributed by atoms with van der Waals surface area (Å²) in [5.74, 6) is 0.335.